The van der Waals surface area contributed by atoms with Gasteiger partial charge in [0.1, 0.15) is 0 Å². The van der Waals surface area contributed by atoms with Crippen molar-refractivity contribution in [3.8, 4) is 0 Å². The van der Waals surface area contributed by atoms with Crippen LogP contribution < -0.4 is 0 Å². The number of esters is 2. The molecule has 1 saturated heterocycles. The van der Waals surface area contributed by atoms with Crippen LogP contribution >= 0.6 is 0 Å². The van der Waals surface area contributed by atoms with E-state index in [0.717, 1.165) is 25.7 Å². The number of carbonyl (C=O) groups is 2. The van der Waals surface area contributed by atoms with Gasteiger partial charge in [-0.25, -0.2) is 0 Å². The summed E-state index contributed by atoms with van der Waals surface area (Å²) >= 11 is 0. The summed E-state index contributed by atoms with van der Waals surface area (Å²) in [5.41, 5.74) is 1.41. The van der Waals surface area contributed by atoms with E-state index < -0.39 is 0 Å². The van der Waals surface area contributed by atoms with E-state index in [1.165, 1.54) is 5.57 Å². The number of hydrogen-bond acceptors (Lipinski definition) is 3. The van der Waals surface area contributed by atoms with Crippen LogP contribution in [0.15, 0.2) is 11.6 Å². The van der Waals surface area contributed by atoms with Gasteiger partial charge in [-0.15, -0.1) is 0 Å². The molecule has 19 heavy (non-hydrogen) atoms. The van der Waals surface area contributed by atoms with Crippen LogP contribution in [-0.4, -0.2) is 11.9 Å². The van der Waals surface area contributed by atoms with Gasteiger partial charge in [0.25, 0.3) is 0 Å². The van der Waals surface area contributed by atoms with Crippen molar-refractivity contribution < 1.29 is 14.3 Å². The Bertz CT molecular complexity index is 357. The van der Waals surface area contributed by atoms with Crippen LogP contribution in [0.25, 0.3) is 0 Å². The molecular formula is C16H26O3. The lowest BCUT2D eigenvalue weighted by Gasteiger charge is -2.25. The van der Waals surface area contributed by atoms with Crippen molar-refractivity contribution in [1.82, 2.24) is 0 Å². The second kappa shape index (κ2) is 7.46. The lowest BCUT2D eigenvalue weighted by Crippen LogP contribution is -2.25. The van der Waals surface area contributed by atoms with Gasteiger partial charge in [-0.3, -0.25) is 9.59 Å². The molecule has 0 saturated carbocycles. The average molecular weight is 266 g/mol. The van der Waals surface area contributed by atoms with Gasteiger partial charge in [-0.2, -0.15) is 0 Å². The highest BCUT2D eigenvalue weighted by Crippen LogP contribution is 2.34. The van der Waals surface area contributed by atoms with Crippen molar-refractivity contribution in [1.29, 1.82) is 0 Å². The largest absolute Gasteiger partial charge is 0.393 e. The smallest absolute Gasteiger partial charge is 0.317 e. The molecule has 0 radical (unpaired) electrons. The van der Waals surface area contributed by atoms with Crippen LogP contribution in [0, 0.1) is 17.8 Å². The zero-order valence-electron chi connectivity index (χ0n) is 12.6. The molecule has 1 aliphatic rings. The van der Waals surface area contributed by atoms with Gasteiger partial charge < -0.3 is 4.74 Å². The van der Waals surface area contributed by atoms with E-state index in [-0.39, 0.29) is 30.2 Å². The van der Waals surface area contributed by atoms with Gasteiger partial charge in [0.05, 0.1) is 12.3 Å². The van der Waals surface area contributed by atoms with Gasteiger partial charge in [0.15, 0.2) is 0 Å². The molecule has 1 rings (SSSR count). The van der Waals surface area contributed by atoms with E-state index in [0.29, 0.717) is 5.92 Å². The van der Waals surface area contributed by atoms with Crippen molar-refractivity contribution in [2.24, 2.45) is 17.8 Å². The fourth-order valence-corrected chi connectivity index (χ4v) is 2.85. The molecule has 1 fully saturated rings. The van der Waals surface area contributed by atoms with E-state index in [9.17, 15) is 9.59 Å². The fraction of sp³-hybridized carbons (Fsp3) is 0.750. The minimum absolute atomic E-state index is 0.219. The summed E-state index contributed by atoms with van der Waals surface area (Å²) in [4.78, 5) is 22.9. The topological polar surface area (TPSA) is 43.4 Å². The lowest BCUT2D eigenvalue weighted by atomic mass is 9.78. The van der Waals surface area contributed by atoms with Crippen LogP contribution in [0.2, 0.25) is 0 Å². The molecule has 0 aliphatic carbocycles. The maximum atomic E-state index is 11.7. The molecule has 0 aromatic rings. The molecule has 0 aromatic carbocycles. The van der Waals surface area contributed by atoms with Crippen LogP contribution in [-0.2, 0) is 14.3 Å². The average Bonchev–Trinajstić information content (AvgIpc) is 2.69. The molecule has 3 heteroatoms. The lowest BCUT2D eigenvalue weighted by molar-refractivity contribution is -0.153. The molecule has 0 N–H and O–H groups in total. The maximum Gasteiger partial charge on any atom is 0.317 e. The first-order chi connectivity index (χ1) is 8.99. The molecule has 3 atom stereocenters. The van der Waals surface area contributed by atoms with Crippen molar-refractivity contribution in [2.45, 2.75) is 59.8 Å². The van der Waals surface area contributed by atoms with Gasteiger partial charge in [0, 0.05) is 0 Å². The Morgan fingerprint density at radius 3 is 2.58 bits per heavy atom. The van der Waals surface area contributed by atoms with Crippen molar-refractivity contribution in [3.63, 3.8) is 0 Å². The molecule has 0 bridgehead atoms. The van der Waals surface area contributed by atoms with Gasteiger partial charge in [-0.05, 0) is 38.0 Å². The molecule has 1 heterocycles. The molecule has 3 unspecified atom stereocenters. The predicted octanol–water partition coefficient (Wildman–Crippen LogP) is 3.87. The summed E-state index contributed by atoms with van der Waals surface area (Å²) in [7, 11) is 0. The summed E-state index contributed by atoms with van der Waals surface area (Å²) in [6.07, 6.45) is 6.67. The van der Waals surface area contributed by atoms with E-state index >= 15 is 0 Å². The Labute approximate surface area is 116 Å². The first kappa shape index (κ1) is 15.9. The Morgan fingerprint density at radius 1 is 1.42 bits per heavy atom. The number of hydrogen-bond donors (Lipinski definition) is 0. The molecule has 0 aromatic heterocycles. The maximum absolute atomic E-state index is 11.7. The summed E-state index contributed by atoms with van der Waals surface area (Å²) < 4.78 is 4.68. The second-order valence-electron chi connectivity index (χ2n) is 5.63. The quantitative estimate of drug-likeness (QED) is 0.399. The third-order valence-corrected chi connectivity index (χ3v) is 4.30. The molecular weight excluding hydrogens is 240 g/mol. The third-order valence-electron chi connectivity index (χ3n) is 4.30. The van der Waals surface area contributed by atoms with E-state index in [1.54, 1.807) is 0 Å². The summed E-state index contributed by atoms with van der Waals surface area (Å²) in [6, 6.07) is 0. The van der Waals surface area contributed by atoms with Crippen molar-refractivity contribution >= 4 is 11.9 Å². The minimum Gasteiger partial charge on any atom is -0.393 e. The molecule has 108 valence electrons. The van der Waals surface area contributed by atoms with E-state index in [1.807, 2.05) is 0 Å². The van der Waals surface area contributed by atoms with E-state index in [4.69, 9.17) is 0 Å². The first-order valence-corrected chi connectivity index (χ1v) is 7.39. The molecule has 1 aliphatic heterocycles. The number of allylic oxidation sites excluding steroid dienone is 2. The monoisotopic (exact) mass is 266 g/mol. The standard InChI is InChI=1S/C16H26O3/c1-5-11(3)8-7-9-12(4)13(6-2)14-10-15(17)19-16(14)18/h8,12-14H,5-7,9-10H2,1-4H3/b11-8-. The Morgan fingerprint density at radius 2 is 2.11 bits per heavy atom. The summed E-state index contributed by atoms with van der Waals surface area (Å²) in [6.45, 7) is 8.57. The Kier molecular flexibility index (Phi) is 6.26. The number of ether oxygens (including phenoxy) is 1. The van der Waals surface area contributed by atoms with Gasteiger partial charge in [0.2, 0.25) is 0 Å². The van der Waals surface area contributed by atoms with Gasteiger partial charge in [-0.1, -0.05) is 38.8 Å². The fourth-order valence-electron chi connectivity index (χ4n) is 2.85. The molecule has 0 amide bonds. The summed E-state index contributed by atoms with van der Waals surface area (Å²) in [5.74, 6) is -0.196. The highest BCUT2D eigenvalue weighted by atomic mass is 16.6. The highest BCUT2D eigenvalue weighted by molar-refractivity contribution is 5.94. The van der Waals surface area contributed by atoms with Crippen LogP contribution in [0.4, 0.5) is 0 Å². The number of carbonyl (C=O) groups excluding carboxylic acids is 2. The predicted molar refractivity (Wildman–Crippen MR) is 75.4 cm³/mol. The zero-order chi connectivity index (χ0) is 14.4. The normalized spacial score (nSPS) is 23.4. The van der Waals surface area contributed by atoms with Crippen molar-refractivity contribution in [3.05, 3.63) is 11.6 Å². The number of cyclic esters (lactones) is 2. The van der Waals surface area contributed by atoms with Crippen LogP contribution in [0.1, 0.15) is 59.8 Å². The second-order valence-corrected chi connectivity index (χ2v) is 5.63. The molecule has 0 spiro atoms. The third kappa shape index (κ3) is 4.48. The Balaban J connectivity index is 2.54. The number of rotatable bonds is 7. The zero-order valence-corrected chi connectivity index (χ0v) is 12.6. The van der Waals surface area contributed by atoms with Crippen LogP contribution in [0.3, 0.4) is 0 Å². The highest BCUT2D eigenvalue weighted by Gasteiger charge is 2.40. The van der Waals surface area contributed by atoms with Crippen molar-refractivity contribution in [2.75, 3.05) is 0 Å². The van der Waals surface area contributed by atoms with Crippen LogP contribution in [0.5, 0.6) is 0 Å². The van der Waals surface area contributed by atoms with Gasteiger partial charge >= 0.3 is 11.9 Å². The van der Waals surface area contributed by atoms with E-state index in [2.05, 4.69) is 38.5 Å². The summed E-state index contributed by atoms with van der Waals surface area (Å²) in [5, 5.41) is 0. The SMILES string of the molecule is CC/C(C)=C\CCC(C)C(CC)C1CC(=O)OC1=O. The Hall–Kier alpha value is -1.12. The minimum atomic E-state index is -0.359. The first-order valence-electron chi connectivity index (χ1n) is 7.39. The molecule has 3 nitrogen and oxygen atoms in total.